The minimum absolute atomic E-state index is 0.195. The Balaban J connectivity index is 2.03. The molecule has 0 spiro atoms. The summed E-state index contributed by atoms with van der Waals surface area (Å²) < 4.78 is 9.80. The maximum absolute atomic E-state index is 11.7. The summed E-state index contributed by atoms with van der Waals surface area (Å²) in [5.74, 6) is -0.964. The van der Waals surface area contributed by atoms with Gasteiger partial charge in [-0.25, -0.2) is 4.79 Å². The van der Waals surface area contributed by atoms with Gasteiger partial charge in [-0.3, -0.25) is 4.79 Å². The molecule has 0 amide bonds. The van der Waals surface area contributed by atoms with Crippen LogP contribution in [0.5, 0.6) is 0 Å². The first-order valence-corrected chi connectivity index (χ1v) is 11.4. The van der Waals surface area contributed by atoms with Crippen LogP contribution in [-0.4, -0.2) is 80.5 Å². The van der Waals surface area contributed by atoms with Crippen LogP contribution in [0.3, 0.4) is 0 Å². The number of aliphatic hydroxyl groups excluding tert-OH is 1. The first kappa shape index (κ1) is 27.3. The summed E-state index contributed by atoms with van der Waals surface area (Å²) in [5.41, 5.74) is 7.39. The standard InChI is InChI=1S/C23H41N3O5/c1-19(2)23(29)31-18-21(27)17-30-22(28)9-13-25-12-6-15-26-14-5-8-20(10-16-26)7-3-4-11-24/h7,21,25,27H,1,3-6,8-18,24H2,2H3/b20-7-. The molecule has 1 heterocycles. The van der Waals surface area contributed by atoms with Crippen LogP contribution in [0.4, 0.5) is 0 Å². The van der Waals surface area contributed by atoms with E-state index in [4.69, 9.17) is 15.2 Å². The average Bonchev–Trinajstić information content (AvgIpc) is 2.98. The second-order valence-electron chi connectivity index (χ2n) is 8.06. The highest BCUT2D eigenvalue weighted by molar-refractivity contribution is 5.86. The van der Waals surface area contributed by atoms with Gasteiger partial charge in [-0.05, 0) is 71.6 Å². The van der Waals surface area contributed by atoms with Crippen molar-refractivity contribution in [3.05, 3.63) is 23.8 Å². The Morgan fingerprint density at radius 2 is 2.00 bits per heavy atom. The van der Waals surface area contributed by atoms with Gasteiger partial charge in [-0.1, -0.05) is 18.2 Å². The number of hydrogen-bond donors (Lipinski definition) is 3. The molecule has 0 bridgehead atoms. The lowest BCUT2D eigenvalue weighted by Gasteiger charge is -2.19. The van der Waals surface area contributed by atoms with Crippen molar-refractivity contribution in [2.45, 2.75) is 58.0 Å². The second-order valence-corrected chi connectivity index (χ2v) is 8.06. The van der Waals surface area contributed by atoms with Crippen LogP contribution in [-0.2, 0) is 19.1 Å². The Labute approximate surface area is 186 Å². The first-order chi connectivity index (χ1) is 14.9. The predicted molar refractivity (Wildman–Crippen MR) is 122 cm³/mol. The molecule has 0 aromatic heterocycles. The molecule has 1 saturated heterocycles. The quantitative estimate of drug-likeness (QED) is 0.152. The third kappa shape index (κ3) is 14.0. The fourth-order valence-corrected chi connectivity index (χ4v) is 3.27. The number of rotatable bonds is 15. The summed E-state index contributed by atoms with van der Waals surface area (Å²) >= 11 is 0. The summed E-state index contributed by atoms with van der Waals surface area (Å²) in [7, 11) is 0. The number of esters is 2. The third-order valence-corrected chi connectivity index (χ3v) is 5.09. The van der Waals surface area contributed by atoms with E-state index in [9.17, 15) is 14.7 Å². The highest BCUT2D eigenvalue weighted by Crippen LogP contribution is 2.17. The number of aliphatic hydroxyl groups is 1. The highest BCUT2D eigenvalue weighted by Gasteiger charge is 2.13. The number of likely N-dealkylation sites (tertiary alicyclic amines) is 1. The maximum atomic E-state index is 11.7. The minimum atomic E-state index is -1.04. The van der Waals surface area contributed by atoms with Gasteiger partial charge >= 0.3 is 11.9 Å². The normalized spacial score (nSPS) is 17.2. The molecule has 1 rings (SSSR count). The van der Waals surface area contributed by atoms with Crippen molar-refractivity contribution < 1.29 is 24.2 Å². The smallest absolute Gasteiger partial charge is 0.333 e. The molecule has 0 aromatic carbocycles. The number of ether oxygens (including phenoxy) is 2. The number of allylic oxidation sites excluding steroid dienone is 1. The van der Waals surface area contributed by atoms with Gasteiger partial charge in [0.2, 0.25) is 0 Å². The van der Waals surface area contributed by atoms with Crippen molar-refractivity contribution in [1.82, 2.24) is 10.2 Å². The summed E-state index contributed by atoms with van der Waals surface area (Å²) in [4.78, 5) is 25.5. The molecule has 178 valence electrons. The van der Waals surface area contributed by atoms with Crippen molar-refractivity contribution in [1.29, 1.82) is 0 Å². The van der Waals surface area contributed by atoms with E-state index in [1.54, 1.807) is 5.57 Å². The molecule has 4 N–H and O–H groups in total. The van der Waals surface area contributed by atoms with E-state index in [0.717, 1.165) is 58.4 Å². The van der Waals surface area contributed by atoms with Crippen molar-refractivity contribution in [2.75, 3.05) is 52.5 Å². The average molecular weight is 440 g/mol. The monoisotopic (exact) mass is 439 g/mol. The molecule has 8 nitrogen and oxygen atoms in total. The van der Waals surface area contributed by atoms with Gasteiger partial charge < -0.3 is 30.5 Å². The number of carbonyl (C=O) groups excluding carboxylic acids is 2. The molecule has 1 aliphatic rings. The van der Waals surface area contributed by atoms with E-state index >= 15 is 0 Å². The van der Waals surface area contributed by atoms with E-state index in [0.29, 0.717) is 6.54 Å². The van der Waals surface area contributed by atoms with E-state index in [1.165, 1.54) is 19.8 Å². The summed E-state index contributed by atoms with van der Waals surface area (Å²) in [5, 5.41) is 12.9. The van der Waals surface area contributed by atoms with Gasteiger partial charge in [0.1, 0.15) is 19.3 Å². The summed E-state index contributed by atoms with van der Waals surface area (Å²) in [6.07, 6.45) is 8.35. The van der Waals surface area contributed by atoms with Gasteiger partial charge in [0.15, 0.2) is 0 Å². The second kappa shape index (κ2) is 16.9. The number of unbranched alkanes of at least 4 members (excludes halogenated alkanes) is 1. The molecule has 1 unspecified atom stereocenters. The topological polar surface area (TPSA) is 114 Å². The maximum Gasteiger partial charge on any atom is 0.333 e. The molecule has 0 aliphatic carbocycles. The molecule has 1 fully saturated rings. The Bertz CT molecular complexity index is 580. The molecule has 0 saturated carbocycles. The molecular formula is C23H41N3O5. The van der Waals surface area contributed by atoms with Gasteiger partial charge in [0.25, 0.3) is 0 Å². The summed E-state index contributed by atoms with van der Waals surface area (Å²) in [6, 6.07) is 0. The van der Waals surface area contributed by atoms with E-state index in [2.05, 4.69) is 22.9 Å². The van der Waals surface area contributed by atoms with Crippen LogP contribution in [0, 0.1) is 0 Å². The molecular weight excluding hydrogens is 398 g/mol. The zero-order chi connectivity index (χ0) is 22.9. The van der Waals surface area contributed by atoms with E-state index < -0.39 is 12.1 Å². The van der Waals surface area contributed by atoms with Crippen molar-refractivity contribution >= 4 is 11.9 Å². The first-order valence-electron chi connectivity index (χ1n) is 11.4. The zero-order valence-electron chi connectivity index (χ0n) is 19.1. The summed E-state index contributed by atoms with van der Waals surface area (Å²) in [6.45, 7) is 10.0. The SMILES string of the molecule is C=C(C)C(=O)OCC(O)COC(=O)CCNCCCN1CCC/C(=C/CCCN)CC1. The van der Waals surface area contributed by atoms with E-state index in [-0.39, 0.29) is 31.2 Å². The van der Waals surface area contributed by atoms with Crippen molar-refractivity contribution in [3.8, 4) is 0 Å². The largest absolute Gasteiger partial charge is 0.463 e. The lowest BCUT2D eigenvalue weighted by molar-refractivity contribution is -0.150. The van der Waals surface area contributed by atoms with Gasteiger partial charge in [-0.15, -0.1) is 0 Å². The van der Waals surface area contributed by atoms with Crippen LogP contribution < -0.4 is 11.1 Å². The van der Waals surface area contributed by atoms with Crippen molar-refractivity contribution in [2.24, 2.45) is 5.73 Å². The van der Waals surface area contributed by atoms with Crippen LogP contribution in [0.2, 0.25) is 0 Å². The van der Waals surface area contributed by atoms with Crippen LogP contribution >= 0.6 is 0 Å². The van der Waals surface area contributed by atoms with Crippen molar-refractivity contribution in [3.63, 3.8) is 0 Å². The van der Waals surface area contributed by atoms with Gasteiger partial charge in [0.05, 0.1) is 6.42 Å². The Hall–Kier alpha value is -1.74. The number of carbonyl (C=O) groups is 2. The van der Waals surface area contributed by atoms with Gasteiger partial charge in [-0.2, -0.15) is 0 Å². The number of nitrogens with zero attached hydrogens (tertiary/aromatic N) is 1. The van der Waals surface area contributed by atoms with Crippen LogP contribution in [0.25, 0.3) is 0 Å². The number of nitrogens with two attached hydrogens (primary N) is 1. The molecule has 1 atom stereocenters. The Kier molecular flexibility index (Phi) is 14.9. The van der Waals surface area contributed by atoms with E-state index in [1.807, 2.05) is 0 Å². The molecule has 1 aliphatic heterocycles. The van der Waals surface area contributed by atoms with Gasteiger partial charge in [0, 0.05) is 18.7 Å². The zero-order valence-corrected chi connectivity index (χ0v) is 19.1. The fourth-order valence-electron chi connectivity index (χ4n) is 3.27. The lowest BCUT2D eigenvalue weighted by Crippen LogP contribution is -2.29. The Morgan fingerprint density at radius 3 is 2.74 bits per heavy atom. The lowest BCUT2D eigenvalue weighted by atomic mass is 10.1. The minimum Gasteiger partial charge on any atom is -0.463 e. The highest BCUT2D eigenvalue weighted by atomic mass is 16.6. The Morgan fingerprint density at radius 1 is 1.23 bits per heavy atom. The molecule has 0 radical (unpaired) electrons. The molecule has 0 aromatic rings. The number of nitrogens with one attached hydrogen (secondary N) is 1. The van der Waals surface area contributed by atoms with Crippen LogP contribution in [0.1, 0.15) is 51.9 Å². The van der Waals surface area contributed by atoms with Crippen LogP contribution in [0.15, 0.2) is 23.8 Å². The number of hydrogen-bond acceptors (Lipinski definition) is 8. The molecule has 31 heavy (non-hydrogen) atoms. The predicted octanol–water partition coefficient (Wildman–Crippen LogP) is 1.53. The third-order valence-electron chi connectivity index (χ3n) is 5.09. The fraction of sp³-hybridized carbons (Fsp3) is 0.739. The molecule has 8 heteroatoms.